The number of oxazole rings is 1. The summed E-state index contributed by atoms with van der Waals surface area (Å²) in [7, 11) is -3.79. The fourth-order valence-corrected chi connectivity index (χ4v) is 5.77. The second-order valence-corrected chi connectivity index (χ2v) is 10.6. The first-order chi connectivity index (χ1) is 16.9. The zero-order valence-corrected chi connectivity index (χ0v) is 20.3. The molecule has 1 atom stereocenters. The summed E-state index contributed by atoms with van der Waals surface area (Å²) in [5.41, 5.74) is 3.35. The molecule has 0 bridgehead atoms. The molecule has 1 amide bonds. The molecule has 0 radical (unpaired) electrons. The summed E-state index contributed by atoms with van der Waals surface area (Å²) in [6.45, 7) is 3.00. The maximum Gasteiger partial charge on any atom is 0.253 e. The molecule has 2 heterocycles. The van der Waals surface area contributed by atoms with Gasteiger partial charge in [0, 0.05) is 25.2 Å². The van der Waals surface area contributed by atoms with E-state index in [2.05, 4.69) is 9.71 Å². The number of amides is 1. The minimum absolute atomic E-state index is 0.00119. The first-order valence-electron chi connectivity index (χ1n) is 11.7. The van der Waals surface area contributed by atoms with Crippen LogP contribution in [-0.2, 0) is 16.6 Å². The van der Waals surface area contributed by atoms with Crippen molar-refractivity contribution >= 4 is 27.0 Å². The largest absolute Gasteiger partial charge is 0.440 e. The number of aromatic nitrogens is 1. The number of hydrogen-bond acceptors (Lipinski definition) is 5. The van der Waals surface area contributed by atoms with Gasteiger partial charge >= 0.3 is 0 Å². The lowest BCUT2D eigenvalue weighted by Crippen LogP contribution is -2.39. The number of fused-ring (bicyclic) bond motifs is 1. The van der Waals surface area contributed by atoms with Gasteiger partial charge in [-0.1, -0.05) is 48.5 Å². The highest BCUT2D eigenvalue weighted by Crippen LogP contribution is 2.30. The summed E-state index contributed by atoms with van der Waals surface area (Å²) in [5.74, 6) is 0.451. The Labute approximate surface area is 204 Å². The van der Waals surface area contributed by atoms with Gasteiger partial charge in [-0.2, -0.15) is 0 Å². The highest BCUT2D eigenvalue weighted by Gasteiger charge is 2.29. The maximum atomic E-state index is 13.4. The molecular weight excluding hydrogens is 462 g/mol. The van der Waals surface area contributed by atoms with E-state index in [1.165, 1.54) is 6.07 Å². The Morgan fingerprint density at radius 2 is 1.86 bits per heavy atom. The van der Waals surface area contributed by atoms with E-state index in [1.807, 2.05) is 54.6 Å². The molecule has 5 rings (SSSR count). The molecule has 35 heavy (non-hydrogen) atoms. The van der Waals surface area contributed by atoms with Crippen molar-refractivity contribution in [3.05, 3.63) is 95.4 Å². The van der Waals surface area contributed by atoms with E-state index in [9.17, 15) is 13.2 Å². The van der Waals surface area contributed by atoms with E-state index in [0.717, 1.165) is 29.5 Å². The van der Waals surface area contributed by atoms with Gasteiger partial charge in [0.1, 0.15) is 5.52 Å². The number of rotatable bonds is 6. The Bertz CT molecular complexity index is 1430. The summed E-state index contributed by atoms with van der Waals surface area (Å²) in [6.07, 6.45) is 1.71. The van der Waals surface area contributed by atoms with Crippen LogP contribution in [0.25, 0.3) is 11.1 Å². The van der Waals surface area contributed by atoms with Gasteiger partial charge < -0.3 is 9.32 Å². The number of aryl methyl sites for hydroxylation is 1. The lowest BCUT2D eigenvalue weighted by Gasteiger charge is -2.31. The van der Waals surface area contributed by atoms with E-state index in [0.29, 0.717) is 30.1 Å². The molecule has 1 unspecified atom stereocenters. The first-order valence-corrected chi connectivity index (χ1v) is 13.2. The number of nitrogens with one attached hydrogen (secondary N) is 1. The number of nitrogens with zero attached hydrogens (tertiary/aromatic N) is 2. The van der Waals surface area contributed by atoms with Crippen LogP contribution in [0.5, 0.6) is 0 Å². The molecule has 180 valence electrons. The van der Waals surface area contributed by atoms with E-state index in [-0.39, 0.29) is 23.3 Å². The van der Waals surface area contributed by atoms with Crippen molar-refractivity contribution in [2.24, 2.45) is 0 Å². The van der Waals surface area contributed by atoms with Gasteiger partial charge in [0.05, 0.1) is 10.8 Å². The Morgan fingerprint density at radius 1 is 1.09 bits per heavy atom. The minimum atomic E-state index is -3.79. The van der Waals surface area contributed by atoms with Crippen LogP contribution in [0.3, 0.4) is 0 Å². The number of benzene rings is 3. The zero-order valence-electron chi connectivity index (χ0n) is 19.5. The molecule has 3 aromatic carbocycles. The number of para-hydroxylation sites is 2. The molecule has 1 aliphatic heterocycles. The molecule has 7 nitrogen and oxygen atoms in total. The fraction of sp³-hybridized carbons (Fsp3) is 0.259. The van der Waals surface area contributed by atoms with Gasteiger partial charge in [-0.05, 0) is 55.2 Å². The Hall–Kier alpha value is -3.49. The van der Waals surface area contributed by atoms with Crippen LogP contribution in [0.4, 0.5) is 0 Å². The van der Waals surface area contributed by atoms with Crippen LogP contribution in [0.15, 0.2) is 82.1 Å². The molecule has 1 saturated heterocycles. The predicted molar refractivity (Wildman–Crippen MR) is 134 cm³/mol. The predicted octanol–water partition coefficient (Wildman–Crippen LogP) is 4.63. The third kappa shape index (κ3) is 4.99. The van der Waals surface area contributed by atoms with Crippen LogP contribution in [-0.4, -0.2) is 37.3 Å². The molecule has 8 heteroatoms. The summed E-state index contributed by atoms with van der Waals surface area (Å²) in [4.78, 5) is 19.9. The average molecular weight is 490 g/mol. The Morgan fingerprint density at radius 3 is 2.66 bits per heavy atom. The van der Waals surface area contributed by atoms with E-state index < -0.39 is 10.0 Å². The standard InChI is InChI=1S/C27H27N3O4S/c1-19-13-14-21(16-25(19)35(32,33)28-17-20-8-3-2-4-9-20)27(31)30-15-7-10-22(18-30)26-29-23-11-5-6-12-24(23)34-26/h2-6,8-9,11-14,16,22,28H,7,10,15,17-18H2,1H3. The van der Waals surface area contributed by atoms with Crippen molar-refractivity contribution in [1.29, 1.82) is 0 Å². The summed E-state index contributed by atoms with van der Waals surface area (Å²) in [5, 5.41) is 0. The van der Waals surface area contributed by atoms with E-state index >= 15 is 0 Å². The number of hydrogen-bond donors (Lipinski definition) is 1. The van der Waals surface area contributed by atoms with E-state index in [4.69, 9.17) is 4.42 Å². The average Bonchev–Trinajstić information content (AvgIpc) is 3.33. The van der Waals surface area contributed by atoms with Crippen LogP contribution in [0.2, 0.25) is 0 Å². The topological polar surface area (TPSA) is 92.5 Å². The van der Waals surface area contributed by atoms with Gasteiger partial charge in [0.2, 0.25) is 10.0 Å². The number of sulfonamides is 1. The highest BCUT2D eigenvalue weighted by molar-refractivity contribution is 7.89. The minimum Gasteiger partial charge on any atom is -0.440 e. The molecule has 1 fully saturated rings. The van der Waals surface area contributed by atoms with Gasteiger partial charge in [0.25, 0.3) is 5.91 Å². The smallest absolute Gasteiger partial charge is 0.253 e. The van der Waals surface area contributed by atoms with Crippen molar-refractivity contribution < 1.29 is 17.6 Å². The molecule has 1 N–H and O–H groups in total. The summed E-state index contributed by atoms with van der Waals surface area (Å²) >= 11 is 0. The Kier molecular flexibility index (Phi) is 6.40. The third-order valence-electron chi connectivity index (χ3n) is 6.40. The molecular formula is C27H27N3O4S. The second-order valence-electron chi connectivity index (χ2n) is 8.90. The third-order valence-corrected chi connectivity index (χ3v) is 7.95. The molecule has 0 spiro atoms. The number of carbonyl (C=O) groups excluding carboxylic acids is 1. The van der Waals surface area contributed by atoms with Gasteiger partial charge in [-0.3, -0.25) is 4.79 Å². The van der Waals surface area contributed by atoms with Crippen LogP contribution < -0.4 is 4.72 Å². The first kappa shape index (κ1) is 23.3. The lowest BCUT2D eigenvalue weighted by molar-refractivity contribution is 0.0698. The molecule has 0 saturated carbocycles. The Balaban J connectivity index is 1.34. The van der Waals surface area contributed by atoms with Crippen molar-refractivity contribution in [1.82, 2.24) is 14.6 Å². The van der Waals surface area contributed by atoms with Crippen LogP contribution >= 0.6 is 0 Å². The quantitative estimate of drug-likeness (QED) is 0.426. The normalized spacial score (nSPS) is 16.5. The molecule has 4 aromatic rings. The number of likely N-dealkylation sites (tertiary alicyclic amines) is 1. The van der Waals surface area contributed by atoms with Crippen molar-refractivity contribution in [3.8, 4) is 0 Å². The molecule has 1 aliphatic rings. The summed E-state index contributed by atoms with van der Waals surface area (Å²) < 4.78 is 34.7. The SMILES string of the molecule is Cc1ccc(C(=O)N2CCCC(c3nc4ccccc4o3)C2)cc1S(=O)(=O)NCc1ccccc1. The number of piperidine rings is 1. The van der Waals surface area contributed by atoms with Gasteiger partial charge in [-0.25, -0.2) is 18.1 Å². The fourth-order valence-electron chi connectivity index (χ4n) is 4.48. The second kappa shape index (κ2) is 9.64. The van der Waals surface area contributed by atoms with Crippen LogP contribution in [0.1, 0.15) is 46.1 Å². The van der Waals surface area contributed by atoms with Crippen molar-refractivity contribution in [2.75, 3.05) is 13.1 Å². The molecule has 0 aliphatic carbocycles. The van der Waals surface area contributed by atoms with Crippen molar-refractivity contribution in [3.63, 3.8) is 0 Å². The summed E-state index contributed by atoms with van der Waals surface area (Å²) in [6, 6.07) is 21.8. The zero-order chi connectivity index (χ0) is 24.4. The lowest BCUT2D eigenvalue weighted by atomic mass is 9.97. The molecule has 1 aromatic heterocycles. The van der Waals surface area contributed by atoms with Gasteiger partial charge in [0.15, 0.2) is 11.5 Å². The monoisotopic (exact) mass is 489 g/mol. The maximum absolute atomic E-state index is 13.4. The van der Waals surface area contributed by atoms with Crippen LogP contribution in [0, 0.1) is 6.92 Å². The van der Waals surface area contributed by atoms with Crippen molar-refractivity contribution in [2.45, 2.75) is 37.1 Å². The van der Waals surface area contributed by atoms with Gasteiger partial charge in [-0.15, -0.1) is 0 Å². The van der Waals surface area contributed by atoms with E-state index in [1.54, 1.807) is 24.0 Å². The number of carbonyl (C=O) groups is 1. The highest BCUT2D eigenvalue weighted by atomic mass is 32.2.